The number of amides is 2. The molecule has 3 rings (SSSR count). The second kappa shape index (κ2) is 20.8. The number of aliphatic hydroxyl groups is 2. The summed E-state index contributed by atoms with van der Waals surface area (Å²) in [6.07, 6.45) is -8.30. The molecule has 58 heavy (non-hydrogen) atoms. The maximum absolute atomic E-state index is 12.7. The van der Waals surface area contributed by atoms with Crippen molar-refractivity contribution < 1.29 is 95.2 Å². The predicted octanol–water partition coefficient (Wildman–Crippen LogP) is -1.51. The summed E-state index contributed by atoms with van der Waals surface area (Å²) in [7, 11) is -16.5. The fourth-order valence-corrected chi connectivity index (χ4v) is 8.37. The van der Waals surface area contributed by atoms with Crippen molar-refractivity contribution in [2.75, 3.05) is 37.8 Å². The number of phosphoric acid groups is 3. The number of nitrogens with two attached hydrogens (primary N) is 1. The number of carbonyl (C=O) groups excluding carboxylic acids is 4. The number of carboxylic acid groups (broad SMARTS) is 1. The number of carbonyl (C=O) groups is 5. The predicted molar refractivity (Wildman–Crippen MR) is 194 cm³/mol. The standard InChI is InChI=1S/C27H42N7O20P3S/c1-27(2,22(41)25(42)30-6-5-16(36)29-7-8-58-18(39)9-14(35)3-4-17(37)38)11-51-57(48,49)54-56(46,47)50-10-15-21(53-55(43,44)45)20(40)26(52-15)34-13-33-19-23(28)31-12-32-24(19)34/h12-13,15,20-22,26,40-41H,3-11H2,1-2H3,(H,29,36)(H,30,42)(H,37,38)(H,46,47)(H,48,49)(H2,28,31,32)(H2,43,44,45). The van der Waals surface area contributed by atoms with Gasteiger partial charge in [0.1, 0.15) is 42.0 Å². The number of Topliss-reactive ketones (excluding diaryl/α,β-unsaturated/α-hetero) is 1. The minimum atomic E-state index is -5.60. The summed E-state index contributed by atoms with van der Waals surface area (Å²) < 4.78 is 61.9. The number of hydrogen-bond acceptors (Lipinski definition) is 20. The zero-order valence-corrected chi connectivity index (χ0v) is 34.0. The lowest BCUT2D eigenvalue weighted by Crippen LogP contribution is -2.46. The number of nitrogens with zero attached hydrogens (tertiary/aromatic N) is 4. The van der Waals surface area contributed by atoms with Gasteiger partial charge in [0, 0.05) is 37.1 Å². The van der Waals surface area contributed by atoms with E-state index in [9.17, 15) is 67.5 Å². The first-order chi connectivity index (χ1) is 26.8. The molecule has 0 aromatic carbocycles. The third kappa shape index (κ3) is 15.4. The molecule has 2 aromatic rings. The molecule has 0 saturated carbocycles. The number of aliphatic hydroxyl groups excluding tert-OH is 2. The fourth-order valence-electron chi connectivity index (χ4n) is 4.84. The van der Waals surface area contributed by atoms with Crippen LogP contribution in [0.15, 0.2) is 12.7 Å². The number of nitrogen functional groups attached to an aromatic ring is 1. The molecule has 2 aromatic heterocycles. The van der Waals surface area contributed by atoms with Gasteiger partial charge in [-0.25, -0.2) is 28.6 Å². The number of imidazole rings is 1. The van der Waals surface area contributed by atoms with Gasteiger partial charge in [0.15, 0.2) is 22.8 Å². The highest BCUT2D eigenvalue weighted by molar-refractivity contribution is 8.13. The molecule has 1 aliphatic heterocycles. The van der Waals surface area contributed by atoms with Gasteiger partial charge in [0.05, 0.1) is 32.4 Å². The highest BCUT2D eigenvalue weighted by Gasteiger charge is 2.50. The van der Waals surface area contributed by atoms with Crippen molar-refractivity contribution in [1.82, 2.24) is 30.2 Å². The van der Waals surface area contributed by atoms with Gasteiger partial charge < -0.3 is 56.0 Å². The summed E-state index contributed by atoms with van der Waals surface area (Å²) in [5, 5.41) is 34.2. The van der Waals surface area contributed by atoms with E-state index >= 15 is 0 Å². The summed E-state index contributed by atoms with van der Waals surface area (Å²) in [6, 6.07) is 0. The summed E-state index contributed by atoms with van der Waals surface area (Å²) in [6.45, 7) is 0.0801. The van der Waals surface area contributed by atoms with Crippen LogP contribution in [0.4, 0.5) is 5.82 Å². The number of nitrogens with one attached hydrogen (secondary N) is 2. The third-order valence-electron chi connectivity index (χ3n) is 7.72. The second-order valence-corrected chi connectivity index (χ2v) is 18.3. The number of rotatable bonds is 24. The van der Waals surface area contributed by atoms with Crippen LogP contribution < -0.4 is 16.4 Å². The Morgan fingerprint density at radius 1 is 1.00 bits per heavy atom. The second-order valence-electron chi connectivity index (χ2n) is 12.9. The molecule has 3 heterocycles. The van der Waals surface area contributed by atoms with Crippen molar-refractivity contribution in [3.8, 4) is 0 Å². The van der Waals surface area contributed by atoms with E-state index < -0.39 is 114 Å². The van der Waals surface area contributed by atoms with E-state index in [0.717, 1.165) is 29.0 Å². The first-order valence-corrected chi connectivity index (χ1v) is 22.1. The molecule has 2 amide bonds. The Morgan fingerprint density at radius 3 is 2.33 bits per heavy atom. The first kappa shape index (κ1) is 49.1. The Labute approximate surface area is 331 Å². The van der Waals surface area contributed by atoms with Crippen LogP contribution in [0.3, 0.4) is 0 Å². The van der Waals surface area contributed by atoms with Crippen molar-refractivity contribution in [3.63, 3.8) is 0 Å². The SMILES string of the molecule is CC(C)(COP(=O)(O)OP(=O)(O)OCC1OC(n2cnc3c(N)ncnc32)C(O)C1OP(=O)(O)O)C(O)C(=O)NCCC(=O)NCCSC(=O)CC(=O)CCC(=O)O. The highest BCUT2D eigenvalue weighted by atomic mass is 32.2. The number of aromatic nitrogens is 4. The van der Waals surface area contributed by atoms with Gasteiger partial charge in [-0.05, 0) is 0 Å². The normalized spacial score (nSPS) is 21.2. The zero-order valence-electron chi connectivity index (χ0n) is 30.5. The van der Waals surface area contributed by atoms with Crippen molar-refractivity contribution in [1.29, 1.82) is 0 Å². The lowest BCUT2D eigenvalue weighted by molar-refractivity contribution is -0.139. The van der Waals surface area contributed by atoms with Crippen molar-refractivity contribution in [3.05, 3.63) is 12.7 Å². The number of fused-ring (bicyclic) bond motifs is 1. The Morgan fingerprint density at radius 2 is 1.67 bits per heavy atom. The van der Waals surface area contributed by atoms with Crippen LogP contribution in [0.5, 0.6) is 0 Å². The van der Waals surface area contributed by atoms with Crippen LogP contribution in [-0.2, 0) is 60.3 Å². The first-order valence-electron chi connectivity index (χ1n) is 16.6. The largest absolute Gasteiger partial charge is 0.481 e. The highest BCUT2D eigenvalue weighted by Crippen LogP contribution is 2.61. The molecule has 31 heteroatoms. The molecule has 1 fully saturated rings. The maximum atomic E-state index is 12.7. The molecule has 0 spiro atoms. The van der Waals surface area contributed by atoms with Gasteiger partial charge in [0.25, 0.3) is 0 Å². The van der Waals surface area contributed by atoms with Crippen molar-refractivity contribution >= 4 is 80.9 Å². The number of anilines is 1. The zero-order chi connectivity index (χ0) is 43.6. The molecule has 1 saturated heterocycles. The van der Waals surface area contributed by atoms with E-state index in [1.165, 1.54) is 13.8 Å². The number of hydrogen-bond donors (Lipinski definition) is 10. The van der Waals surface area contributed by atoms with Gasteiger partial charge in [-0.3, -0.25) is 42.1 Å². The lowest BCUT2D eigenvalue weighted by atomic mass is 9.87. The van der Waals surface area contributed by atoms with Crippen LogP contribution in [0.25, 0.3) is 11.2 Å². The minimum absolute atomic E-state index is 0.0142. The van der Waals surface area contributed by atoms with Crippen LogP contribution in [0.2, 0.25) is 0 Å². The van der Waals surface area contributed by atoms with Gasteiger partial charge in [0.2, 0.25) is 11.8 Å². The molecular weight excluding hydrogens is 867 g/mol. The molecule has 7 atom stereocenters. The van der Waals surface area contributed by atoms with E-state index in [1.54, 1.807) is 0 Å². The summed E-state index contributed by atoms with van der Waals surface area (Å²) in [5.41, 5.74) is 4.17. The molecule has 1 aliphatic rings. The molecule has 0 aliphatic carbocycles. The van der Waals surface area contributed by atoms with Gasteiger partial charge in [-0.15, -0.1) is 0 Å². The molecule has 7 unspecified atom stereocenters. The number of phosphoric ester groups is 3. The molecule has 326 valence electrons. The van der Waals surface area contributed by atoms with E-state index in [0.29, 0.717) is 0 Å². The quantitative estimate of drug-likeness (QED) is 0.0325. The molecule has 11 N–H and O–H groups in total. The summed E-state index contributed by atoms with van der Waals surface area (Å²) in [4.78, 5) is 109. The monoisotopic (exact) mass is 909 g/mol. The molecular formula is C27H42N7O20P3S. The summed E-state index contributed by atoms with van der Waals surface area (Å²) in [5.74, 6) is -3.23. The topological polar surface area (TPSA) is 418 Å². The molecule has 0 bridgehead atoms. The van der Waals surface area contributed by atoms with Crippen molar-refractivity contribution in [2.45, 2.75) is 70.2 Å². The third-order valence-corrected chi connectivity index (χ3v) is 11.7. The molecule has 27 nitrogen and oxygen atoms in total. The Bertz CT molecular complexity index is 1960. The van der Waals surface area contributed by atoms with Gasteiger partial charge in [-0.1, -0.05) is 25.6 Å². The Balaban J connectivity index is 1.46. The number of ketones is 1. The number of aliphatic carboxylic acids is 1. The van der Waals surface area contributed by atoms with Crippen LogP contribution in [-0.4, -0.2) is 140 Å². The number of ether oxygens (including phenoxy) is 1. The van der Waals surface area contributed by atoms with Crippen LogP contribution in [0, 0.1) is 5.41 Å². The van der Waals surface area contributed by atoms with Crippen LogP contribution >= 0.6 is 35.2 Å². The lowest BCUT2D eigenvalue weighted by Gasteiger charge is -2.30. The average Bonchev–Trinajstić information content (AvgIpc) is 3.67. The smallest absolute Gasteiger partial charge is 0.481 e. The average molecular weight is 910 g/mol. The van der Waals surface area contributed by atoms with E-state index in [4.69, 9.17) is 24.6 Å². The minimum Gasteiger partial charge on any atom is -0.481 e. The van der Waals surface area contributed by atoms with Crippen molar-refractivity contribution in [2.24, 2.45) is 5.41 Å². The van der Waals surface area contributed by atoms with E-state index in [2.05, 4.69) is 34.4 Å². The van der Waals surface area contributed by atoms with E-state index in [-0.39, 0.29) is 48.7 Å². The maximum Gasteiger partial charge on any atom is 0.481 e. The van der Waals surface area contributed by atoms with E-state index in [1.807, 2.05) is 0 Å². The van der Waals surface area contributed by atoms with Crippen LogP contribution in [0.1, 0.15) is 45.8 Å². The number of carboxylic acids is 1. The molecule has 0 radical (unpaired) electrons. The fraction of sp³-hybridized carbons (Fsp3) is 0.630. The van der Waals surface area contributed by atoms with Gasteiger partial charge >= 0.3 is 29.4 Å². The Kier molecular flexibility index (Phi) is 17.6. The Hall–Kier alpha value is -3.30. The number of thioether (sulfide) groups is 1. The summed E-state index contributed by atoms with van der Waals surface area (Å²) >= 11 is 0.765. The van der Waals surface area contributed by atoms with Gasteiger partial charge in [-0.2, -0.15) is 4.31 Å².